The SMILES string of the molecule is COc1ccc(NNC(=O)c2c(F)cccc2Cl)cc1. The molecule has 2 rings (SSSR count). The second-order valence-corrected chi connectivity index (χ2v) is 4.31. The third-order valence-corrected chi connectivity index (χ3v) is 2.92. The van der Waals surface area contributed by atoms with Crippen molar-refractivity contribution in [2.24, 2.45) is 0 Å². The number of carbonyl (C=O) groups excluding carboxylic acids is 1. The fourth-order valence-electron chi connectivity index (χ4n) is 1.58. The van der Waals surface area contributed by atoms with Gasteiger partial charge in [0.05, 0.1) is 23.4 Å². The first-order valence-electron chi connectivity index (χ1n) is 5.76. The van der Waals surface area contributed by atoms with Crippen molar-refractivity contribution in [1.82, 2.24) is 5.43 Å². The zero-order chi connectivity index (χ0) is 14.5. The summed E-state index contributed by atoms with van der Waals surface area (Å²) in [4.78, 5) is 11.9. The molecule has 0 saturated heterocycles. The Morgan fingerprint density at radius 2 is 1.90 bits per heavy atom. The molecule has 0 aliphatic heterocycles. The fourth-order valence-corrected chi connectivity index (χ4v) is 1.83. The minimum absolute atomic E-state index is 0.0547. The summed E-state index contributed by atoms with van der Waals surface area (Å²) < 4.78 is 18.5. The molecule has 0 aliphatic rings. The zero-order valence-corrected chi connectivity index (χ0v) is 11.4. The molecule has 2 aromatic carbocycles. The maximum absolute atomic E-state index is 13.5. The van der Waals surface area contributed by atoms with Crippen molar-refractivity contribution < 1.29 is 13.9 Å². The summed E-state index contributed by atoms with van der Waals surface area (Å²) in [7, 11) is 1.56. The first kappa shape index (κ1) is 14.1. The Hall–Kier alpha value is -2.27. The van der Waals surface area contributed by atoms with Crippen LogP contribution in [0.15, 0.2) is 42.5 Å². The van der Waals surface area contributed by atoms with E-state index < -0.39 is 11.7 Å². The lowest BCUT2D eigenvalue weighted by Gasteiger charge is -2.10. The van der Waals surface area contributed by atoms with Crippen molar-refractivity contribution >= 4 is 23.2 Å². The van der Waals surface area contributed by atoms with E-state index in [4.69, 9.17) is 16.3 Å². The number of hydrogen-bond donors (Lipinski definition) is 2. The quantitative estimate of drug-likeness (QED) is 0.851. The predicted octanol–water partition coefficient (Wildman–Crippen LogP) is 3.24. The smallest absolute Gasteiger partial charge is 0.274 e. The lowest BCUT2D eigenvalue weighted by atomic mass is 10.2. The summed E-state index contributed by atoms with van der Waals surface area (Å²) >= 11 is 5.80. The second-order valence-electron chi connectivity index (χ2n) is 3.90. The molecule has 0 bridgehead atoms. The van der Waals surface area contributed by atoms with Gasteiger partial charge in [-0.1, -0.05) is 17.7 Å². The lowest BCUT2D eigenvalue weighted by Crippen LogP contribution is -2.30. The summed E-state index contributed by atoms with van der Waals surface area (Å²) in [5.74, 6) is -0.630. The van der Waals surface area contributed by atoms with E-state index in [1.165, 1.54) is 18.2 Å². The van der Waals surface area contributed by atoms with E-state index in [0.29, 0.717) is 11.4 Å². The van der Waals surface area contributed by atoms with Crippen LogP contribution in [0.25, 0.3) is 0 Å². The van der Waals surface area contributed by atoms with Gasteiger partial charge >= 0.3 is 0 Å². The van der Waals surface area contributed by atoms with Crippen LogP contribution in [0.1, 0.15) is 10.4 Å². The van der Waals surface area contributed by atoms with Crippen molar-refractivity contribution in [3.63, 3.8) is 0 Å². The number of hydrazine groups is 1. The number of hydrogen-bond acceptors (Lipinski definition) is 3. The molecule has 0 aromatic heterocycles. The maximum Gasteiger partial charge on any atom is 0.274 e. The molecule has 2 N–H and O–H groups in total. The first-order chi connectivity index (χ1) is 9.61. The number of halogens is 2. The highest BCUT2D eigenvalue weighted by molar-refractivity contribution is 6.33. The van der Waals surface area contributed by atoms with Crippen molar-refractivity contribution in [2.45, 2.75) is 0 Å². The number of anilines is 1. The van der Waals surface area contributed by atoms with Crippen LogP contribution in [0.4, 0.5) is 10.1 Å². The Balaban J connectivity index is 2.05. The molecule has 0 spiro atoms. The van der Waals surface area contributed by atoms with E-state index in [1.54, 1.807) is 31.4 Å². The van der Waals surface area contributed by atoms with Gasteiger partial charge in [-0.25, -0.2) is 4.39 Å². The number of nitrogens with one attached hydrogen (secondary N) is 2. The Morgan fingerprint density at radius 3 is 2.50 bits per heavy atom. The molecule has 1 amide bonds. The van der Waals surface area contributed by atoms with Gasteiger partial charge in [-0.05, 0) is 36.4 Å². The molecule has 0 saturated carbocycles. The zero-order valence-electron chi connectivity index (χ0n) is 10.6. The summed E-state index contributed by atoms with van der Waals surface area (Å²) in [6, 6.07) is 10.9. The van der Waals surface area contributed by atoms with Crippen LogP contribution in [0.2, 0.25) is 5.02 Å². The summed E-state index contributed by atoms with van der Waals surface area (Å²) in [5, 5.41) is 0.0547. The monoisotopic (exact) mass is 294 g/mol. The second kappa shape index (κ2) is 6.25. The van der Waals surface area contributed by atoms with E-state index in [-0.39, 0.29) is 10.6 Å². The molecular weight excluding hydrogens is 283 g/mol. The van der Waals surface area contributed by atoms with Gasteiger partial charge < -0.3 is 4.74 Å². The van der Waals surface area contributed by atoms with Crippen molar-refractivity contribution in [3.8, 4) is 5.75 Å². The van der Waals surface area contributed by atoms with E-state index >= 15 is 0 Å². The molecule has 20 heavy (non-hydrogen) atoms. The van der Waals surface area contributed by atoms with E-state index in [0.717, 1.165) is 0 Å². The van der Waals surface area contributed by atoms with Gasteiger partial charge in [-0.15, -0.1) is 0 Å². The third-order valence-electron chi connectivity index (χ3n) is 2.60. The summed E-state index contributed by atoms with van der Waals surface area (Å²) in [5.41, 5.74) is 5.48. The van der Waals surface area contributed by atoms with Crippen LogP contribution in [0.5, 0.6) is 5.75 Å². The van der Waals surface area contributed by atoms with Crippen LogP contribution in [0.3, 0.4) is 0 Å². The number of methoxy groups -OCH3 is 1. The Bertz CT molecular complexity index is 597. The van der Waals surface area contributed by atoms with Crippen LogP contribution in [-0.2, 0) is 0 Å². The van der Waals surface area contributed by atoms with Gasteiger partial charge in [0.2, 0.25) is 0 Å². The van der Waals surface area contributed by atoms with Crippen LogP contribution < -0.4 is 15.6 Å². The Morgan fingerprint density at radius 1 is 1.20 bits per heavy atom. The van der Waals surface area contributed by atoms with Crippen molar-refractivity contribution in [2.75, 3.05) is 12.5 Å². The summed E-state index contributed by atoms with van der Waals surface area (Å²) in [6.45, 7) is 0. The molecule has 104 valence electrons. The third kappa shape index (κ3) is 3.19. The topological polar surface area (TPSA) is 50.4 Å². The van der Waals surface area contributed by atoms with E-state index in [1.807, 2.05) is 0 Å². The average Bonchev–Trinajstić information content (AvgIpc) is 2.45. The Kier molecular flexibility index (Phi) is 4.42. The number of amides is 1. The Labute approximate surface area is 120 Å². The van der Waals surface area contributed by atoms with Crippen LogP contribution >= 0.6 is 11.6 Å². The highest BCUT2D eigenvalue weighted by Crippen LogP contribution is 2.19. The minimum atomic E-state index is -0.675. The molecule has 0 radical (unpaired) electrons. The predicted molar refractivity (Wildman–Crippen MR) is 75.5 cm³/mol. The molecule has 4 nitrogen and oxygen atoms in total. The first-order valence-corrected chi connectivity index (χ1v) is 6.14. The average molecular weight is 295 g/mol. The molecule has 6 heteroatoms. The van der Waals surface area contributed by atoms with Gasteiger partial charge in [-0.2, -0.15) is 0 Å². The molecule has 0 aliphatic carbocycles. The number of benzene rings is 2. The largest absolute Gasteiger partial charge is 0.497 e. The van der Waals surface area contributed by atoms with Gasteiger partial charge in [0, 0.05) is 0 Å². The normalized spacial score (nSPS) is 9.95. The van der Waals surface area contributed by atoms with Crippen LogP contribution in [-0.4, -0.2) is 13.0 Å². The molecule has 0 unspecified atom stereocenters. The molecule has 0 atom stereocenters. The maximum atomic E-state index is 13.5. The van der Waals surface area contributed by atoms with Crippen molar-refractivity contribution in [1.29, 1.82) is 0 Å². The molecule has 2 aromatic rings. The van der Waals surface area contributed by atoms with E-state index in [2.05, 4.69) is 10.9 Å². The highest BCUT2D eigenvalue weighted by Gasteiger charge is 2.15. The lowest BCUT2D eigenvalue weighted by molar-refractivity contribution is 0.0959. The fraction of sp³-hybridized carbons (Fsp3) is 0.0714. The van der Waals surface area contributed by atoms with Gasteiger partial charge in [0.25, 0.3) is 5.91 Å². The van der Waals surface area contributed by atoms with Gasteiger partial charge in [-0.3, -0.25) is 15.6 Å². The number of carbonyl (C=O) groups is 1. The number of ether oxygens (including phenoxy) is 1. The van der Waals surface area contributed by atoms with E-state index in [9.17, 15) is 9.18 Å². The van der Waals surface area contributed by atoms with Gasteiger partial charge in [0.15, 0.2) is 0 Å². The molecule has 0 fully saturated rings. The summed E-state index contributed by atoms with van der Waals surface area (Å²) in [6.07, 6.45) is 0. The molecule has 0 heterocycles. The van der Waals surface area contributed by atoms with Crippen molar-refractivity contribution in [3.05, 3.63) is 58.9 Å². The van der Waals surface area contributed by atoms with Crippen LogP contribution in [0, 0.1) is 5.82 Å². The molecular formula is C14H12ClFN2O2. The minimum Gasteiger partial charge on any atom is -0.497 e. The standard InChI is InChI=1S/C14H12ClFN2O2/c1-20-10-7-5-9(6-8-10)17-18-14(19)13-11(15)3-2-4-12(13)16/h2-8,17H,1H3,(H,18,19). The number of rotatable bonds is 4. The highest BCUT2D eigenvalue weighted by atomic mass is 35.5. The van der Waals surface area contributed by atoms with Gasteiger partial charge in [0.1, 0.15) is 11.6 Å².